The van der Waals surface area contributed by atoms with Gasteiger partial charge in [-0.15, -0.1) is 0 Å². The number of hydrogen-bond acceptors (Lipinski definition) is 3. The predicted molar refractivity (Wildman–Crippen MR) is 66.6 cm³/mol. The maximum atomic E-state index is 11.7. The molecule has 0 radical (unpaired) electrons. The summed E-state index contributed by atoms with van der Waals surface area (Å²) < 4.78 is 6.06. The molecule has 2 aromatic rings. The third kappa shape index (κ3) is 3.17. The zero-order chi connectivity index (χ0) is 12.3. The second-order valence-corrected chi connectivity index (χ2v) is 4.38. The number of carbonyl (C=O) groups is 1. The summed E-state index contributed by atoms with van der Waals surface area (Å²) in [6, 6.07) is 7.14. The fraction of sp³-hybridized carbons (Fsp3) is 0.167. The van der Waals surface area contributed by atoms with Gasteiger partial charge in [-0.1, -0.05) is 0 Å². The standard InChI is InChI=1S/C12H11BrN2O2/c1-8-2-4-10(17-8)7-15-12(16)9-3-5-11(13)14-6-9/h2-6H,7H2,1H3,(H,15,16). The number of nitrogens with zero attached hydrogens (tertiary/aromatic N) is 1. The van der Waals surface area contributed by atoms with Crippen molar-refractivity contribution in [2.45, 2.75) is 13.5 Å². The number of rotatable bonds is 3. The molecule has 2 rings (SSSR count). The summed E-state index contributed by atoms with van der Waals surface area (Å²) in [5, 5.41) is 2.76. The van der Waals surface area contributed by atoms with Crippen LogP contribution in [0.15, 0.2) is 39.5 Å². The Kier molecular flexibility index (Phi) is 3.58. The Morgan fingerprint density at radius 2 is 2.24 bits per heavy atom. The van der Waals surface area contributed by atoms with Gasteiger partial charge in [0.05, 0.1) is 12.1 Å². The molecule has 2 heterocycles. The van der Waals surface area contributed by atoms with Crippen LogP contribution in [0.1, 0.15) is 21.9 Å². The molecule has 5 heteroatoms. The van der Waals surface area contributed by atoms with E-state index in [1.807, 2.05) is 19.1 Å². The largest absolute Gasteiger partial charge is 0.465 e. The summed E-state index contributed by atoms with van der Waals surface area (Å²) in [6.07, 6.45) is 1.52. The van der Waals surface area contributed by atoms with E-state index in [4.69, 9.17) is 4.42 Å². The van der Waals surface area contributed by atoms with E-state index < -0.39 is 0 Å². The molecular formula is C12H11BrN2O2. The molecule has 17 heavy (non-hydrogen) atoms. The summed E-state index contributed by atoms with van der Waals surface area (Å²) in [7, 11) is 0. The first kappa shape index (κ1) is 11.9. The smallest absolute Gasteiger partial charge is 0.253 e. The van der Waals surface area contributed by atoms with Crippen LogP contribution in [0.2, 0.25) is 0 Å². The molecule has 0 spiro atoms. The van der Waals surface area contributed by atoms with Crippen LogP contribution < -0.4 is 5.32 Å². The Morgan fingerprint density at radius 3 is 2.82 bits per heavy atom. The molecule has 0 atom stereocenters. The number of aromatic nitrogens is 1. The number of nitrogens with one attached hydrogen (secondary N) is 1. The van der Waals surface area contributed by atoms with E-state index in [9.17, 15) is 4.79 Å². The van der Waals surface area contributed by atoms with Gasteiger partial charge in [-0.25, -0.2) is 4.98 Å². The van der Waals surface area contributed by atoms with E-state index in [2.05, 4.69) is 26.2 Å². The lowest BCUT2D eigenvalue weighted by molar-refractivity contribution is 0.0947. The fourth-order valence-corrected chi connectivity index (χ4v) is 1.59. The van der Waals surface area contributed by atoms with Crippen LogP contribution in [0.25, 0.3) is 0 Å². The van der Waals surface area contributed by atoms with Gasteiger partial charge in [0.15, 0.2) is 0 Å². The van der Waals surface area contributed by atoms with E-state index in [1.165, 1.54) is 6.20 Å². The van der Waals surface area contributed by atoms with Crippen LogP contribution in [0.4, 0.5) is 0 Å². The van der Waals surface area contributed by atoms with Crippen LogP contribution in [-0.4, -0.2) is 10.9 Å². The lowest BCUT2D eigenvalue weighted by atomic mass is 10.2. The van der Waals surface area contributed by atoms with Crippen LogP contribution in [0.5, 0.6) is 0 Å². The second kappa shape index (κ2) is 5.14. The SMILES string of the molecule is Cc1ccc(CNC(=O)c2ccc(Br)nc2)o1. The zero-order valence-corrected chi connectivity index (χ0v) is 10.8. The van der Waals surface area contributed by atoms with Gasteiger partial charge < -0.3 is 9.73 Å². The molecule has 0 aliphatic heterocycles. The normalized spacial score (nSPS) is 10.2. The summed E-state index contributed by atoms with van der Waals surface area (Å²) in [6.45, 7) is 2.24. The molecule has 0 aromatic carbocycles. The van der Waals surface area contributed by atoms with Crippen molar-refractivity contribution in [3.63, 3.8) is 0 Å². The molecular weight excluding hydrogens is 284 g/mol. The topological polar surface area (TPSA) is 55.1 Å². The highest BCUT2D eigenvalue weighted by atomic mass is 79.9. The van der Waals surface area contributed by atoms with Crippen LogP contribution in [-0.2, 0) is 6.54 Å². The van der Waals surface area contributed by atoms with Crippen molar-refractivity contribution in [3.8, 4) is 0 Å². The summed E-state index contributed by atoms with van der Waals surface area (Å²) in [4.78, 5) is 15.7. The number of halogens is 1. The van der Waals surface area contributed by atoms with Crippen LogP contribution in [0, 0.1) is 6.92 Å². The minimum absolute atomic E-state index is 0.168. The van der Waals surface area contributed by atoms with Crippen molar-refractivity contribution in [1.82, 2.24) is 10.3 Å². The third-order valence-corrected chi connectivity index (χ3v) is 2.68. The minimum Gasteiger partial charge on any atom is -0.465 e. The Balaban J connectivity index is 1.95. The van der Waals surface area contributed by atoms with Gasteiger partial charge in [0, 0.05) is 6.20 Å². The molecule has 0 saturated heterocycles. The first-order chi connectivity index (χ1) is 8.15. The van der Waals surface area contributed by atoms with Gasteiger partial charge in [-0.3, -0.25) is 4.79 Å². The Labute approximate surface area is 107 Å². The summed E-state index contributed by atoms with van der Waals surface area (Å²) in [5.74, 6) is 1.40. The van der Waals surface area contributed by atoms with Crippen molar-refractivity contribution < 1.29 is 9.21 Å². The molecule has 1 N–H and O–H groups in total. The third-order valence-electron chi connectivity index (χ3n) is 2.21. The summed E-state index contributed by atoms with van der Waals surface area (Å²) >= 11 is 3.22. The number of furan rings is 1. The first-order valence-electron chi connectivity index (χ1n) is 5.10. The van der Waals surface area contributed by atoms with Gasteiger partial charge in [-0.2, -0.15) is 0 Å². The maximum Gasteiger partial charge on any atom is 0.253 e. The Hall–Kier alpha value is -1.62. The van der Waals surface area contributed by atoms with E-state index >= 15 is 0 Å². The van der Waals surface area contributed by atoms with E-state index in [0.717, 1.165) is 11.5 Å². The molecule has 0 fully saturated rings. The van der Waals surface area contributed by atoms with Crippen LogP contribution in [0.3, 0.4) is 0 Å². The number of hydrogen-bond donors (Lipinski definition) is 1. The van der Waals surface area contributed by atoms with E-state index in [1.54, 1.807) is 12.1 Å². The molecule has 0 bridgehead atoms. The van der Waals surface area contributed by atoms with Crippen LogP contribution >= 0.6 is 15.9 Å². The zero-order valence-electron chi connectivity index (χ0n) is 9.24. The maximum absolute atomic E-state index is 11.7. The van der Waals surface area contributed by atoms with E-state index in [-0.39, 0.29) is 5.91 Å². The van der Waals surface area contributed by atoms with Gasteiger partial charge >= 0.3 is 0 Å². The molecule has 88 valence electrons. The molecule has 0 aliphatic rings. The molecule has 0 saturated carbocycles. The highest BCUT2D eigenvalue weighted by Crippen LogP contribution is 2.08. The van der Waals surface area contributed by atoms with Crippen molar-refractivity contribution >= 4 is 21.8 Å². The van der Waals surface area contributed by atoms with Gasteiger partial charge in [0.2, 0.25) is 0 Å². The minimum atomic E-state index is -0.168. The van der Waals surface area contributed by atoms with Crippen molar-refractivity contribution in [2.75, 3.05) is 0 Å². The number of carbonyl (C=O) groups excluding carboxylic acids is 1. The van der Waals surface area contributed by atoms with Crippen molar-refractivity contribution in [1.29, 1.82) is 0 Å². The number of pyridine rings is 1. The second-order valence-electron chi connectivity index (χ2n) is 3.56. The quantitative estimate of drug-likeness (QED) is 0.886. The number of aryl methyl sites for hydroxylation is 1. The average molecular weight is 295 g/mol. The molecule has 4 nitrogen and oxygen atoms in total. The lowest BCUT2D eigenvalue weighted by Crippen LogP contribution is -2.22. The predicted octanol–water partition coefficient (Wildman–Crippen LogP) is 2.68. The number of amides is 1. The Morgan fingerprint density at radius 1 is 1.41 bits per heavy atom. The fourth-order valence-electron chi connectivity index (χ4n) is 1.36. The first-order valence-corrected chi connectivity index (χ1v) is 5.89. The molecule has 0 unspecified atom stereocenters. The van der Waals surface area contributed by atoms with Gasteiger partial charge in [0.1, 0.15) is 16.1 Å². The summed E-state index contributed by atoms with van der Waals surface area (Å²) in [5.41, 5.74) is 0.525. The lowest BCUT2D eigenvalue weighted by Gasteiger charge is -2.02. The highest BCUT2D eigenvalue weighted by Gasteiger charge is 2.06. The molecule has 0 aliphatic carbocycles. The van der Waals surface area contributed by atoms with E-state index in [0.29, 0.717) is 16.7 Å². The monoisotopic (exact) mass is 294 g/mol. The van der Waals surface area contributed by atoms with Crippen molar-refractivity contribution in [2.24, 2.45) is 0 Å². The van der Waals surface area contributed by atoms with Gasteiger partial charge in [0.25, 0.3) is 5.91 Å². The van der Waals surface area contributed by atoms with Gasteiger partial charge in [-0.05, 0) is 47.1 Å². The average Bonchev–Trinajstić information content (AvgIpc) is 2.73. The molecule has 1 amide bonds. The highest BCUT2D eigenvalue weighted by molar-refractivity contribution is 9.10. The van der Waals surface area contributed by atoms with Crippen molar-refractivity contribution in [3.05, 3.63) is 52.1 Å². The molecule has 2 aromatic heterocycles. The Bertz CT molecular complexity index is 520.